The smallest absolute Gasteiger partial charge is 0.0812 e. The van der Waals surface area contributed by atoms with E-state index < -0.39 is 0 Å². The maximum atomic E-state index is 5.83. The molecule has 4 rings (SSSR count). The van der Waals surface area contributed by atoms with Gasteiger partial charge in [-0.2, -0.15) is 0 Å². The van der Waals surface area contributed by atoms with Crippen LogP contribution in [0.15, 0.2) is 6.20 Å². The van der Waals surface area contributed by atoms with Crippen LogP contribution in [-0.2, 0) is 6.54 Å². The molecule has 3 fully saturated rings. The highest BCUT2D eigenvalue weighted by molar-refractivity contribution is 5.09. The summed E-state index contributed by atoms with van der Waals surface area (Å²) in [7, 11) is 0. The van der Waals surface area contributed by atoms with Crippen molar-refractivity contribution < 1.29 is 0 Å². The number of aromatic nitrogens is 3. The molecule has 3 aliphatic heterocycles. The zero-order valence-electron chi connectivity index (χ0n) is 11.5. The average Bonchev–Trinajstić information content (AvgIpc) is 2.90. The molecule has 1 aromatic rings. The van der Waals surface area contributed by atoms with Gasteiger partial charge >= 0.3 is 0 Å². The number of piperazine rings is 3. The summed E-state index contributed by atoms with van der Waals surface area (Å²) in [5.41, 5.74) is 4.09. The number of fused-ring (bicyclic) bond motifs is 3. The Balaban J connectivity index is 1.82. The van der Waals surface area contributed by atoms with Crippen LogP contribution in [0.1, 0.15) is 25.1 Å². The van der Waals surface area contributed by atoms with E-state index in [2.05, 4.69) is 32.5 Å². The van der Waals surface area contributed by atoms with Gasteiger partial charge in [0.25, 0.3) is 0 Å². The van der Waals surface area contributed by atoms with Crippen LogP contribution in [0.25, 0.3) is 0 Å². The Morgan fingerprint density at radius 1 is 1.42 bits per heavy atom. The fraction of sp³-hybridized carbons (Fsp3) is 0.833. The van der Waals surface area contributed by atoms with Crippen molar-refractivity contribution >= 4 is 0 Å². The third-order valence-electron chi connectivity index (χ3n) is 4.29. The van der Waals surface area contributed by atoms with Gasteiger partial charge in [0, 0.05) is 45.3 Å². The molecular weight excluding hydrogens is 242 g/mol. The quantitative estimate of drug-likeness (QED) is 0.536. The highest BCUT2D eigenvalue weighted by atomic mass is 15.4. The van der Waals surface area contributed by atoms with E-state index in [0.717, 1.165) is 38.3 Å². The highest BCUT2D eigenvalue weighted by Crippen LogP contribution is 2.26. The largest absolute Gasteiger partial charge is 0.299 e. The Kier molecular flexibility index (Phi) is 3.79. The van der Waals surface area contributed by atoms with Gasteiger partial charge in [-0.15, -0.1) is 5.10 Å². The first-order valence-corrected chi connectivity index (χ1v) is 7.14. The van der Waals surface area contributed by atoms with Crippen LogP contribution in [-0.4, -0.2) is 63.6 Å². The molecule has 4 heterocycles. The Bertz CT molecular complexity index is 410. The molecule has 19 heavy (non-hydrogen) atoms. The van der Waals surface area contributed by atoms with Gasteiger partial charge in [0.05, 0.1) is 17.9 Å². The first kappa shape index (κ1) is 13.0. The zero-order valence-corrected chi connectivity index (χ0v) is 11.5. The van der Waals surface area contributed by atoms with Crippen LogP contribution < -0.4 is 11.3 Å². The van der Waals surface area contributed by atoms with E-state index in [1.807, 2.05) is 10.9 Å². The second-order valence-electron chi connectivity index (χ2n) is 5.43. The minimum Gasteiger partial charge on any atom is -0.299 e. The highest BCUT2D eigenvalue weighted by Gasteiger charge is 2.38. The standard InChI is InChI=1S/C12H23N7/c1-2-3-19-10(8-14-16-19)12(15-13)11-9-17-4-6-18(11)7-5-17/h8,11-12,15H,2-7,9,13H2,1H3. The number of aryl methyl sites for hydroxylation is 1. The van der Waals surface area contributed by atoms with E-state index in [9.17, 15) is 0 Å². The third-order valence-corrected chi connectivity index (χ3v) is 4.29. The molecule has 2 atom stereocenters. The Labute approximate surface area is 113 Å². The van der Waals surface area contributed by atoms with Gasteiger partial charge in [-0.1, -0.05) is 12.1 Å². The summed E-state index contributed by atoms with van der Waals surface area (Å²) >= 11 is 0. The van der Waals surface area contributed by atoms with Crippen molar-refractivity contribution in [2.75, 3.05) is 32.7 Å². The summed E-state index contributed by atoms with van der Waals surface area (Å²) in [4.78, 5) is 5.05. The maximum Gasteiger partial charge on any atom is 0.0812 e. The minimum atomic E-state index is 0.102. The van der Waals surface area contributed by atoms with Crippen LogP contribution in [0.2, 0.25) is 0 Å². The molecule has 106 valence electrons. The van der Waals surface area contributed by atoms with E-state index in [0.29, 0.717) is 6.04 Å². The summed E-state index contributed by atoms with van der Waals surface area (Å²) in [5, 5.41) is 8.22. The normalized spacial score (nSPS) is 31.6. The number of nitrogens with two attached hydrogens (primary N) is 1. The van der Waals surface area contributed by atoms with Gasteiger partial charge in [-0.25, -0.2) is 10.1 Å². The number of nitrogens with zero attached hydrogens (tertiary/aromatic N) is 5. The molecule has 0 spiro atoms. The molecule has 1 aromatic heterocycles. The molecule has 0 radical (unpaired) electrons. The van der Waals surface area contributed by atoms with Crippen LogP contribution in [0.4, 0.5) is 0 Å². The van der Waals surface area contributed by atoms with E-state index >= 15 is 0 Å². The van der Waals surface area contributed by atoms with Gasteiger partial charge in [-0.3, -0.25) is 15.6 Å². The van der Waals surface area contributed by atoms with Crippen molar-refractivity contribution in [3.8, 4) is 0 Å². The van der Waals surface area contributed by atoms with Crippen molar-refractivity contribution in [2.45, 2.75) is 32.0 Å². The van der Waals surface area contributed by atoms with E-state index in [1.54, 1.807) is 0 Å². The molecule has 3 saturated heterocycles. The predicted molar refractivity (Wildman–Crippen MR) is 72.2 cm³/mol. The van der Waals surface area contributed by atoms with Crippen LogP contribution in [0, 0.1) is 0 Å². The molecule has 3 N–H and O–H groups in total. The lowest BCUT2D eigenvalue weighted by Crippen LogP contribution is -2.64. The minimum absolute atomic E-state index is 0.102. The molecule has 2 unspecified atom stereocenters. The molecule has 3 aliphatic rings. The Morgan fingerprint density at radius 3 is 2.79 bits per heavy atom. The van der Waals surface area contributed by atoms with E-state index in [-0.39, 0.29) is 6.04 Å². The van der Waals surface area contributed by atoms with Crippen LogP contribution in [0.5, 0.6) is 0 Å². The van der Waals surface area contributed by atoms with Gasteiger partial charge in [0.1, 0.15) is 0 Å². The number of nitrogens with one attached hydrogen (secondary N) is 1. The molecule has 0 aliphatic carbocycles. The summed E-state index contributed by atoms with van der Waals surface area (Å²) < 4.78 is 1.98. The van der Waals surface area contributed by atoms with Crippen molar-refractivity contribution in [1.82, 2.24) is 30.2 Å². The SMILES string of the molecule is CCCn1nncc1C(NN)C1CN2CCN1CC2. The van der Waals surface area contributed by atoms with E-state index in [1.165, 1.54) is 13.1 Å². The maximum absolute atomic E-state index is 5.83. The zero-order chi connectivity index (χ0) is 13.2. The molecule has 0 aromatic carbocycles. The second-order valence-corrected chi connectivity index (χ2v) is 5.43. The molecule has 0 saturated carbocycles. The van der Waals surface area contributed by atoms with Gasteiger partial charge in [0.2, 0.25) is 0 Å². The first-order valence-electron chi connectivity index (χ1n) is 7.14. The van der Waals surface area contributed by atoms with Gasteiger partial charge in [-0.05, 0) is 6.42 Å². The monoisotopic (exact) mass is 265 g/mol. The number of rotatable bonds is 5. The predicted octanol–water partition coefficient (Wildman–Crippen LogP) is -0.808. The lowest BCUT2D eigenvalue weighted by Gasteiger charge is -2.49. The van der Waals surface area contributed by atoms with Crippen molar-refractivity contribution in [2.24, 2.45) is 5.84 Å². The van der Waals surface area contributed by atoms with Gasteiger partial charge in [0.15, 0.2) is 0 Å². The van der Waals surface area contributed by atoms with Crippen molar-refractivity contribution in [3.05, 3.63) is 11.9 Å². The fourth-order valence-corrected chi connectivity index (χ4v) is 3.26. The summed E-state index contributed by atoms with van der Waals surface area (Å²) in [6, 6.07) is 0.520. The van der Waals surface area contributed by atoms with Crippen LogP contribution >= 0.6 is 0 Å². The van der Waals surface area contributed by atoms with E-state index in [4.69, 9.17) is 5.84 Å². The van der Waals surface area contributed by atoms with Crippen LogP contribution in [0.3, 0.4) is 0 Å². The number of hydrazine groups is 1. The first-order chi connectivity index (χ1) is 9.33. The third kappa shape index (κ3) is 2.38. The molecule has 2 bridgehead atoms. The average molecular weight is 265 g/mol. The lowest BCUT2D eigenvalue weighted by atomic mass is 9.98. The molecular formula is C12H23N7. The fourth-order valence-electron chi connectivity index (χ4n) is 3.26. The Hall–Kier alpha value is -1.02. The number of hydrogen-bond acceptors (Lipinski definition) is 6. The molecule has 0 amide bonds. The molecule has 7 heteroatoms. The summed E-state index contributed by atoms with van der Waals surface area (Å²) in [6.45, 7) is 8.75. The lowest BCUT2D eigenvalue weighted by molar-refractivity contribution is -0.00502. The van der Waals surface area contributed by atoms with Crippen molar-refractivity contribution in [3.63, 3.8) is 0 Å². The van der Waals surface area contributed by atoms with Crippen molar-refractivity contribution in [1.29, 1.82) is 0 Å². The van der Waals surface area contributed by atoms with Gasteiger partial charge < -0.3 is 0 Å². The second kappa shape index (κ2) is 5.54. The molecule has 7 nitrogen and oxygen atoms in total. The number of hydrogen-bond donors (Lipinski definition) is 2. The summed E-state index contributed by atoms with van der Waals surface area (Å²) in [6.07, 6.45) is 2.90. The topological polar surface area (TPSA) is 75.2 Å². The Morgan fingerprint density at radius 2 is 2.21 bits per heavy atom. The summed E-state index contributed by atoms with van der Waals surface area (Å²) in [5.74, 6) is 5.83.